The van der Waals surface area contributed by atoms with Gasteiger partial charge < -0.3 is 10.5 Å². The lowest BCUT2D eigenvalue weighted by Gasteiger charge is -2.18. The fraction of sp³-hybridized carbons (Fsp3) is 0.500. The molecule has 0 saturated heterocycles. The van der Waals surface area contributed by atoms with Gasteiger partial charge in [0.1, 0.15) is 4.90 Å². The monoisotopic (exact) mass is 306 g/mol. The Kier molecular flexibility index (Phi) is 6.22. The zero-order valence-corrected chi connectivity index (χ0v) is 12.7. The molecule has 1 aromatic rings. The van der Waals surface area contributed by atoms with Crippen LogP contribution >= 0.6 is 11.6 Å². The molecule has 1 aromatic carbocycles. The molecule has 2 N–H and O–H groups in total. The third-order valence-corrected chi connectivity index (χ3v) is 5.01. The smallest absolute Gasteiger partial charge is 0.244 e. The van der Waals surface area contributed by atoms with E-state index in [1.165, 1.54) is 17.4 Å². The van der Waals surface area contributed by atoms with Gasteiger partial charge in [0.25, 0.3) is 0 Å². The van der Waals surface area contributed by atoms with Crippen molar-refractivity contribution in [3.8, 4) is 0 Å². The van der Waals surface area contributed by atoms with Crippen molar-refractivity contribution in [3.05, 3.63) is 28.8 Å². The van der Waals surface area contributed by atoms with Crippen molar-refractivity contribution < 1.29 is 13.2 Å². The van der Waals surface area contributed by atoms with Gasteiger partial charge in [-0.05, 0) is 24.6 Å². The first-order valence-electron chi connectivity index (χ1n) is 5.96. The zero-order chi connectivity index (χ0) is 14.5. The number of nitrogens with zero attached hydrogens (tertiary/aromatic N) is 1. The van der Waals surface area contributed by atoms with Crippen molar-refractivity contribution in [1.29, 1.82) is 0 Å². The van der Waals surface area contributed by atoms with Crippen LogP contribution < -0.4 is 5.73 Å². The largest absolute Gasteiger partial charge is 0.380 e. The van der Waals surface area contributed by atoms with Crippen molar-refractivity contribution in [2.75, 3.05) is 26.8 Å². The molecule has 0 aromatic heterocycles. The van der Waals surface area contributed by atoms with E-state index in [-0.39, 0.29) is 23.0 Å². The van der Waals surface area contributed by atoms with E-state index >= 15 is 0 Å². The Morgan fingerprint density at radius 2 is 2.11 bits per heavy atom. The molecular formula is C12H19ClN2O3S. The molecule has 0 aliphatic carbocycles. The normalized spacial score (nSPS) is 12.1. The van der Waals surface area contributed by atoms with E-state index in [1.807, 2.05) is 6.92 Å². The molecule has 0 radical (unpaired) electrons. The lowest BCUT2D eigenvalue weighted by molar-refractivity contribution is 0.138. The van der Waals surface area contributed by atoms with Crippen LogP contribution in [-0.4, -0.2) is 39.5 Å². The second-order valence-electron chi connectivity index (χ2n) is 3.99. The highest BCUT2D eigenvalue weighted by Gasteiger charge is 2.23. The van der Waals surface area contributed by atoms with Crippen LogP contribution in [0.3, 0.4) is 0 Å². The maximum atomic E-state index is 12.4. The molecule has 0 spiro atoms. The van der Waals surface area contributed by atoms with E-state index in [1.54, 1.807) is 12.1 Å². The molecule has 1 rings (SSSR count). The first kappa shape index (κ1) is 16.4. The molecule has 0 saturated carbocycles. The second kappa shape index (κ2) is 7.21. The molecule has 0 heterocycles. The molecule has 5 nitrogen and oxygen atoms in total. The molecular weight excluding hydrogens is 288 g/mol. The van der Waals surface area contributed by atoms with Gasteiger partial charge in [-0.3, -0.25) is 0 Å². The highest BCUT2D eigenvalue weighted by molar-refractivity contribution is 7.89. The number of halogens is 1. The van der Waals surface area contributed by atoms with Crippen molar-refractivity contribution in [2.45, 2.75) is 18.4 Å². The Balaban J connectivity index is 2.99. The molecule has 0 bridgehead atoms. The zero-order valence-electron chi connectivity index (χ0n) is 11.1. The first-order chi connectivity index (χ1) is 8.93. The van der Waals surface area contributed by atoms with Crippen molar-refractivity contribution in [1.82, 2.24) is 4.31 Å². The molecule has 0 aliphatic rings. The summed E-state index contributed by atoms with van der Waals surface area (Å²) >= 11 is 5.97. The van der Waals surface area contributed by atoms with Crippen molar-refractivity contribution >= 4 is 21.6 Å². The van der Waals surface area contributed by atoms with E-state index in [9.17, 15) is 8.42 Å². The van der Waals surface area contributed by atoms with E-state index in [2.05, 4.69) is 0 Å². The number of sulfonamides is 1. The lowest BCUT2D eigenvalue weighted by atomic mass is 10.2. The lowest BCUT2D eigenvalue weighted by Crippen LogP contribution is -2.30. The maximum absolute atomic E-state index is 12.4. The highest BCUT2D eigenvalue weighted by atomic mass is 35.5. The minimum absolute atomic E-state index is 0.0797. The summed E-state index contributed by atoms with van der Waals surface area (Å²) in [6.07, 6.45) is 0. The number of benzene rings is 1. The molecule has 108 valence electrons. The quantitative estimate of drug-likeness (QED) is 0.774. The topological polar surface area (TPSA) is 72.6 Å². The summed E-state index contributed by atoms with van der Waals surface area (Å²) in [6, 6.07) is 4.77. The van der Waals surface area contributed by atoms with Gasteiger partial charge in [0.2, 0.25) is 10.0 Å². The SMILES string of the molecule is CCOCCN(C)S(=O)(=O)c1cc(CN)ccc1Cl. The van der Waals surface area contributed by atoms with Crippen LogP contribution in [0, 0.1) is 0 Å². The molecule has 0 unspecified atom stereocenters. The highest BCUT2D eigenvalue weighted by Crippen LogP contribution is 2.25. The van der Waals surface area contributed by atoms with Crippen LogP contribution in [0.25, 0.3) is 0 Å². The van der Waals surface area contributed by atoms with Crippen LogP contribution in [0.4, 0.5) is 0 Å². The summed E-state index contributed by atoms with van der Waals surface area (Å²) in [4.78, 5) is 0.0797. The number of rotatable bonds is 7. The Labute approximate surface area is 119 Å². The molecule has 7 heteroatoms. The Morgan fingerprint density at radius 1 is 1.42 bits per heavy atom. The van der Waals surface area contributed by atoms with Gasteiger partial charge >= 0.3 is 0 Å². The summed E-state index contributed by atoms with van der Waals surface area (Å²) in [7, 11) is -2.12. The fourth-order valence-corrected chi connectivity index (χ4v) is 3.17. The number of hydrogen-bond donors (Lipinski definition) is 1. The first-order valence-corrected chi connectivity index (χ1v) is 7.77. The summed E-state index contributed by atoms with van der Waals surface area (Å²) in [5, 5.41) is 0.195. The second-order valence-corrected chi connectivity index (χ2v) is 6.41. The van der Waals surface area contributed by atoms with Gasteiger partial charge in [0, 0.05) is 26.7 Å². The number of nitrogens with two attached hydrogens (primary N) is 1. The van der Waals surface area contributed by atoms with Gasteiger partial charge in [0.15, 0.2) is 0 Å². The number of likely N-dealkylation sites (N-methyl/N-ethyl adjacent to an activating group) is 1. The number of hydrogen-bond acceptors (Lipinski definition) is 4. The molecule has 0 atom stereocenters. The maximum Gasteiger partial charge on any atom is 0.244 e. The number of ether oxygens (including phenoxy) is 1. The van der Waals surface area contributed by atoms with E-state index in [4.69, 9.17) is 22.1 Å². The summed E-state index contributed by atoms with van der Waals surface area (Å²) in [6.45, 7) is 3.30. The summed E-state index contributed by atoms with van der Waals surface area (Å²) in [5.74, 6) is 0. The van der Waals surface area contributed by atoms with Crippen LogP contribution in [0.2, 0.25) is 5.02 Å². The van der Waals surface area contributed by atoms with Gasteiger partial charge in [-0.25, -0.2) is 8.42 Å². The van der Waals surface area contributed by atoms with Crippen LogP contribution in [0.1, 0.15) is 12.5 Å². The predicted molar refractivity (Wildman–Crippen MR) is 75.7 cm³/mol. The third kappa shape index (κ3) is 4.15. The van der Waals surface area contributed by atoms with E-state index < -0.39 is 10.0 Å². The Morgan fingerprint density at radius 3 is 2.68 bits per heavy atom. The molecule has 0 aliphatic heterocycles. The van der Waals surface area contributed by atoms with Crippen LogP contribution in [-0.2, 0) is 21.3 Å². The van der Waals surface area contributed by atoms with Crippen molar-refractivity contribution in [3.63, 3.8) is 0 Å². The summed E-state index contributed by atoms with van der Waals surface area (Å²) < 4.78 is 31.1. The third-order valence-electron chi connectivity index (χ3n) is 2.67. The molecule has 19 heavy (non-hydrogen) atoms. The van der Waals surface area contributed by atoms with Gasteiger partial charge in [0.05, 0.1) is 11.6 Å². The van der Waals surface area contributed by atoms with Crippen molar-refractivity contribution in [2.24, 2.45) is 5.73 Å². The van der Waals surface area contributed by atoms with Crippen LogP contribution in [0.5, 0.6) is 0 Å². The fourth-order valence-electron chi connectivity index (χ4n) is 1.50. The van der Waals surface area contributed by atoms with Gasteiger partial charge in [-0.1, -0.05) is 17.7 Å². The van der Waals surface area contributed by atoms with E-state index in [0.717, 1.165) is 5.56 Å². The minimum Gasteiger partial charge on any atom is -0.380 e. The van der Waals surface area contributed by atoms with E-state index in [0.29, 0.717) is 13.2 Å². The molecule has 0 amide bonds. The average molecular weight is 307 g/mol. The van der Waals surface area contributed by atoms with Gasteiger partial charge in [-0.15, -0.1) is 0 Å². The Hall–Kier alpha value is -0.660. The van der Waals surface area contributed by atoms with Crippen LogP contribution in [0.15, 0.2) is 23.1 Å². The Bertz CT molecular complexity index is 520. The van der Waals surface area contributed by atoms with Gasteiger partial charge in [-0.2, -0.15) is 4.31 Å². The summed E-state index contributed by atoms with van der Waals surface area (Å²) in [5.41, 5.74) is 6.24. The predicted octanol–water partition coefficient (Wildman–Crippen LogP) is 1.46. The minimum atomic E-state index is -3.62. The molecule has 0 fully saturated rings. The average Bonchev–Trinajstić information content (AvgIpc) is 2.39. The standard InChI is InChI=1S/C12H19ClN2O3S/c1-3-18-7-6-15(2)19(16,17)12-8-10(9-14)4-5-11(12)13/h4-5,8H,3,6-7,9,14H2,1-2H3.